The Hall–Kier alpha value is -1.01. The van der Waals surface area contributed by atoms with Gasteiger partial charge in [0.05, 0.1) is 0 Å². The summed E-state index contributed by atoms with van der Waals surface area (Å²) in [6.45, 7) is 7.57. The molecular weight excluding hydrogens is 316 g/mol. The van der Waals surface area contributed by atoms with Crippen LogP contribution in [0.2, 0.25) is 0 Å². The van der Waals surface area contributed by atoms with E-state index in [0.29, 0.717) is 29.8 Å². The molecule has 0 radical (unpaired) electrons. The first-order chi connectivity index (χ1) is 10.5. The zero-order chi connectivity index (χ0) is 16.1. The topological polar surface area (TPSA) is 49.4 Å². The number of nitrogens with one attached hydrogen (secondary N) is 1. The second kappa shape index (κ2) is 8.02. The van der Waals surface area contributed by atoms with Crippen molar-refractivity contribution < 1.29 is 9.00 Å². The maximum Gasteiger partial charge on any atom is 0.321 e. The van der Waals surface area contributed by atoms with Crippen LogP contribution in [0, 0.1) is 6.92 Å². The van der Waals surface area contributed by atoms with Gasteiger partial charge in [-0.05, 0) is 29.4 Å². The van der Waals surface area contributed by atoms with Crippen molar-refractivity contribution in [3.8, 4) is 0 Å². The number of urea groups is 1. The Labute approximate surface area is 139 Å². The molecule has 0 bridgehead atoms. The standard InChI is InChI=1S/C16H24N2O2S2/c1-12(2)21-11-14-5-4-6-15(13(14)3)17-16(19)18-7-9-22(20)10-8-18/h4-6,12H,7-11H2,1-3H3,(H,17,19). The Morgan fingerprint density at radius 3 is 2.68 bits per heavy atom. The van der Waals surface area contributed by atoms with Crippen LogP contribution in [0.5, 0.6) is 0 Å². The van der Waals surface area contributed by atoms with E-state index < -0.39 is 10.8 Å². The normalized spacial score (nSPS) is 16.1. The molecular formula is C16H24N2O2S2. The number of benzene rings is 1. The fraction of sp³-hybridized carbons (Fsp3) is 0.562. The van der Waals surface area contributed by atoms with Crippen molar-refractivity contribution in [1.82, 2.24) is 4.90 Å². The molecule has 0 atom stereocenters. The number of hydrogen-bond donors (Lipinski definition) is 1. The van der Waals surface area contributed by atoms with Crippen LogP contribution in [0.1, 0.15) is 25.0 Å². The minimum absolute atomic E-state index is 0.0894. The summed E-state index contributed by atoms with van der Waals surface area (Å²) in [5, 5.41) is 3.59. The fourth-order valence-corrected chi connectivity index (χ4v) is 4.14. The molecule has 22 heavy (non-hydrogen) atoms. The molecule has 1 aromatic rings. The van der Waals surface area contributed by atoms with Gasteiger partial charge in [-0.15, -0.1) is 0 Å². The minimum Gasteiger partial charge on any atom is -0.323 e. The van der Waals surface area contributed by atoms with E-state index in [1.54, 1.807) is 4.90 Å². The summed E-state index contributed by atoms with van der Waals surface area (Å²) in [7, 11) is -0.764. The third-order valence-electron chi connectivity index (χ3n) is 3.72. The first kappa shape index (κ1) is 17.3. The van der Waals surface area contributed by atoms with Crippen molar-refractivity contribution in [2.45, 2.75) is 31.8 Å². The number of amides is 2. The number of carbonyl (C=O) groups is 1. The Morgan fingerprint density at radius 1 is 1.36 bits per heavy atom. The van der Waals surface area contributed by atoms with Crippen molar-refractivity contribution in [3.63, 3.8) is 0 Å². The molecule has 122 valence electrons. The molecule has 0 aromatic heterocycles. The molecule has 0 spiro atoms. The van der Waals surface area contributed by atoms with E-state index in [1.807, 2.05) is 23.9 Å². The minimum atomic E-state index is -0.764. The van der Waals surface area contributed by atoms with Crippen LogP contribution in [-0.4, -0.2) is 45.0 Å². The van der Waals surface area contributed by atoms with Crippen LogP contribution in [0.25, 0.3) is 0 Å². The molecule has 0 aliphatic carbocycles. The largest absolute Gasteiger partial charge is 0.323 e. The summed E-state index contributed by atoms with van der Waals surface area (Å²) in [6, 6.07) is 5.96. The highest BCUT2D eigenvalue weighted by molar-refractivity contribution is 7.99. The highest BCUT2D eigenvalue weighted by atomic mass is 32.2. The van der Waals surface area contributed by atoms with Gasteiger partial charge in [-0.25, -0.2) is 4.79 Å². The van der Waals surface area contributed by atoms with Gasteiger partial charge in [0, 0.05) is 46.8 Å². The molecule has 1 saturated heterocycles. The molecule has 4 nitrogen and oxygen atoms in total. The molecule has 1 aromatic carbocycles. The molecule has 6 heteroatoms. The van der Waals surface area contributed by atoms with Gasteiger partial charge >= 0.3 is 6.03 Å². The lowest BCUT2D eigenvalue weighted by atomic mass is 10.1. The number of anilines is 1. The Balaban J connectivity index is 2.01. The summed E-state index contributed by atoms with van der Waals surface area (Å²) in [4.78, 5) is 14.1. The Morgan fingerprint density at radius 2 is 2.05 bits per heavy atom. The Kier molecular flexibility index (Phi) is 6.32. The fourth-order valence-electron chi connectivity index (χ4n) is 2.27. The lowest BCUT2D eigenvalue weighted by Crippen LogP contribution is -2.44. The smallest absolute Gasteiger partial charge is 0.321 e. The van der Waals surface area contributed by atoms with Crippen LogP contribution < -0.4 is 5.32 Å². The summed E-state index contributed by atoms with van der Waals surface area (Å²) in [5.74, 6) is 2.12. The lowest BCUT2D eigenvalue weighted by Gasteiger charge is -2.27. The van der Waals surface area contributed by atoms with Gasteiger partial charge in [0.25, 0.3) is 0 Å². The van der Waals surface area contributed by atoms with Crippen molar-refractivity contribution >= 4 is 34.3 Å². The maximum atomic E-state index is 12.3. The van der Waals surface area contributed by atoms with Crippen LogP contribution in [-0.2, 0) is 16.6 Å². The first-order valence-electron chi connectivity index (χ1n) is 7.58. The third kappa shape index (κ3) is 4.74. The lowest BCUT2D eigenvalue weighted by molar-refractivity contribution is 0.216. The third-order valence-corrected chi connectivity index (χ3v) is 6.14. The molecule has 1 heterocycles. The number of hydrogen-bond acceptors (Lipinski definition) is 3. The molecule has 1 N–H and O–H groups in total. The van der Waals surface area contributed by atoms with E-state index in [4.69, 9.17) is 0 Å². The van der Waals surface area contributed by atoms with E-state index in [9.17, 15) is 9.00 Å². The predicted molar refractivity (Wildman–Crippen MR) is 96.1 cm³/mol. The molecule has 0 unspecified atom stereocenters. The molecule has 0 saturated carbocycles. The average molecular weight is 341 g/mol. The SMILES string of the molecule is Cc1c(CSC(C)C)cccc1NC(=O)N1CCS(=O)CC1. The van der Waals surface area contributed by atoms with E-state index in [2.05, 4.69) is 32.2 Å². The maximum absolute atomic E-state index is 12.3. The summed E-state index contributed by atoms with van der Waals surface area (Å²) < 4.78 is 11.4. The van der Waals surface area contributed by atoms with Crippen molar-refractivity contribution in [2.24, 2.45) is 0 Å². The molecule has 2 amide bonds. The molecule has 1 fully saturated rings. The van der Waals surface area contributed by atoms with Crippen LogP contribution in [0.4, 0.5) is 10.5 Å². The first-order valence-corrected chi connectivity index (χ1v) is 10.1. The number of thioether (sulfide) groups is 1. The summed E-state index contributed by atoms with van der Waals surface area (Å²) in [5.41, 5.74) is 3.26. The van der Waals surface area contributed by atoms with E-state index in [-0.39, 0.29) is 6.03 Å². The predicted octanol–water partition coefficient (Wildman–Crippen LogP) is 3.23. The van der Waals surface area contributed by atoms with Gasteiger partial charge in [-0.1, -0.05) is 26.0 Å². The Bertz CT molecular complexity index is 551. The highest BCUT2D eigenvalue weighted by Crippen LogP contribution is 2.25. The highest BCUT2D eigenvalue weighted by Gasteiger charge is 2.20. The molecule has 1 aliphatic heterocycles. The number of nitrogens with zero attached hydrogens (tertiary/aromatic N) is 1. The van der Waals surface area contributed by atoms with Crippen molar-refractivity contribution in [1.29, 1.82) is 0 Å². The van der Waals surface area contributed by atoms with Crippen molar-refractivity contribution in [3.05, 3.63) is 29.3 Å². The van der Waals surface area contributed by atoms with Gasteiger partial charge in [-0.2, -0.15) is 11.8 Å². The monoisotopic (exact) mass is 340 g/mol. The van der Waals surface area contributed by atoms with Crippen molar-refractivity contribution in [2.75, 3.05) is 29.9 Å². The average Bonchev–Trinajstić information content (AvgIpc) is 2.48. The van der Waals surface area contributed by atoms with Gasteiger partial charge in [0.2, 0.25) is 0 Å². The summed E-state index contributed by atoms with van der Waals surface area (Å²) in [6.07, 6.45) is 0. The van der Waals surface area contributed by atoms with Crippen LogP contribution >= 0.6 is 11.8 Å². The number of carbonyl (C=O) groups excluding carboxylic acids is 1. The zero-order valence-electron chi connectivity index (χ0n) is 13.4. The van der Waals surface area contributed by atoms with Gasteiger partial charge in [0.1, 0.15) is 0 Å². The van der Waals surface area contributed by atoms with Gasteiger partial charge in [-0.3, -0.25) is 4.21 Å². The second-order valence-corrected chi connectivity index (χ2v) is 8.98. The van der Waals surface area contributed by atoms with Crippen LogP contribution in [0.15, 0.2) is 18.2 Å². The second-order valence-electron chi connectivity index (χ2n) is 5.71. The van der Waals surface area contributed by atoms with Gasteiger partial charge in [0.15, 0.2) is 0 Å². The van der Waals surface area contributed by atoms with E-state index in [1.165, 1.54) is 5.56 Å². The van der Waals surface area contributed by atoms with E-state index >= 15 is 0 Å². The van der Waals surface area contributed by atoms with Crippen LogP contribution in [0.3, 0.4) is 0 Å². The zero-order valence-corrected chi connectivity index (χ0v) is 15.1. The summed E-state index contributed by atoms with van der Waals surface area (Å²) >= 11 is 1.90. The molecule has 1 aliphatic rings. The molecule has 2 rings (SSSR count). The number of rotatable bonds is 4. The van der Waals surface area contributed by atoms with Gasteiger partial charge < -0.3 is 10.2 Å². The quantitative estimate of drug-likeness (QED) is 0.915. The van der Waals surface area contributed by atoms with E-state index in [0.717, 1.165) is 17.0 Å².